The first-order chi connectivity index (χ1) is 11.2. The maximum absolute atomic E-state index is 12.9. The first-order valence-electron chi connectivity index (χ1n) is 6.96. The summed E-state index contributed by atoms with van der Waals surface area (Å²) >= 11 is 11.7. The van der Waals surface area contributed by atoms with Crippen molar-refractivity contribution < 1.29 is 18.3 Å². The smallest absolute Gasteiger partial charge is 0.325 e. The van der Waals surface area contributed by atoms with Crippen LogP contribution in [0, 0.1) is 0 Å². The summed E-state index contributed by atoms with van der Waals surface area (Å²) in [6.07, 6.45) is 0. The first kappa shape index (κ1) is 17.2. The highest BCUT2D eigenvalue weighted by Crippen LogP contribution is 2.56. The summed E-state index contributed by atoms with van der Waals surface area (Å²) in [4.78, 5) is 11.6. The molecule has 0 amide bonds. The number of halogens is 2. The molecule has 3 rings (SSSR count). The van der Waals surface area contributed by atoms with E-state index in [1.54, 1.807) is 18.2 Å². The van der Waals surface area contributed by atoms with Crippen LogP contribution in [0.5, 0.6) is 0 Å². The number of carboxylic acids is 1. The van der Waals surface area contributed by atoms with Gasteiger partial charge in [-0.1, -0.05) is 35.3 Å². The highest BCUT2D eigenvalue weighted by molar-refractivity contribution is 7.92. The van der Waals surface area contributed by atoms with E-state index in [-0.39, 0.29) is 4.90 Å². The van der Waals surface area contributed by atoms with Crippen molar-refractivity contribution in [3.8, 4) is 0 Å². The van der Waals surface area contributed by atoms with E-state index in [0.29, 0.717) is 15.6 Å². The molecule has 3 N–H and O–H groups in total. The third-order valence-corrected chi connectivity index (χ3v) is 6.98. The third-order valence-electron chi connectivity index (χ3n) is 4.23. The van der Waals surface area contributed by atoms with Gasteiger partial charge < -0.3 is 10.8 Å². The zero-order valence-electron chi connectivity index (χ0n) is 12.2. The molecule has 3 atom stereocenters. The Bertz CT molecular complexity index is 914. The van der Waals surface area contributed by atoms with E-state index in [1.807, 2.05) is 0 Å². The molecular formula is C16H13Cl2NO4S. The van der Waals surface area contributed by atoms with Crippen LogP contribution in [0.1, 0.15) is 11.5 Å². The highest BCUT2D eigenvalue weighted by atomic mass is 35.5. The van der Waals surface area contributed by atoms with Gasteiger partial charge in [0.25, 0.3) is 0 Å². The van der Waals surface area contributed by atoms with Crippen LogP contribution in [-0.4, -0.2) is 30.3 Å². The van der Waals surface area contributed by atoms with E-state index in [4.69, 9.17) is 28.9 Å². The molecule has 0 unspecified atom stereocenters. The Kier molecular flexibility index (Phi) is 4.12. The molecule has 1 aliphatic rings. The van der Waals surface area contributed by atoms with E-state index in [1.165, 1.54) is 30.3 Å². The summed E-state index contributed by atoms with van der Waals surface area (Å²) in [5.74, 6) is -2.25. The van der Waals surface area contributed by atoms with Crippen molar-refractivity contribution in [2.45, 2.75) is 21.6 Å². The Labute approximate surface area is 148 Å². The number of benzene rings is 2. The number of sulfone groups is 1. The lowest BCUT2D eigenvalue weighted by molar-refractivity contribution is -0.139. The Balaban J connectivity index is 2.08. The minimum atomic E-state index is -3.95. The zero-order chi connectivity index (χ0) is 17.7. The first-order valence-corrected chi connectivity index (χ1v) is 9.26. The molecule has 5 nitrogen and oxygen atoms in total. The lowest BCUT2D eigenvalue weighted by atomic mass is 10.1. The van der Waals surface area contributed by atoms with Crippen LogP contribution >= 0.6 is 23.2 Å². The van der Waals surface area contributed by atoms with Crippen molar-refractivity contribution in [2.24, 2.45) is 5.73 Å². The molecule has 0 aromatic heterocycles. The quantitative estimate of drug-likeness (QED) is 0.842. The van der Waals surface area contributed by atoms with E-state index in [2.05, 4.69) is 0 Å². The van der Waals surface area contributed by atoms with Crippen LogP contribution in [0.4, 0.5) is 0 Å². The number of carbonyl (C=O) groups is 1. The highest BCUT2D eigenvalue weighted by Gasteiger charge is 2.74. The molecule has 0 saturated heterocycles. The van der Waals surface area contributed by atoms with Gasteiger partial charge in [-0.3, -0.25) is 4.79 Å². The summed E-state index contributed by atoms with van der Waals surface area (Å²) in [6.45, 7) is 0. The summed E-state index contributed by atoms with van der Waals surface area (Å²) in [6, 6.07) is 12.0. The number of rotatable bonds is 4. The monoisotopic (exact) mass is 385 g/mol. The van der Waals surface area contributed by atoms with Crippen molar-refractivity contribution >= 4 is 39.0 Å². The van der Waals surface area contributed by atoms with E-state index in [9.17, 15) is 18.3 Å². The fourth-order valence-corrected chi connectivity index (χ4v) is 5.54. The van der Waals surface area contributed by atoms with Crippen LogP contribution in [-0.2, 0) is 14.6 Å². The fourth-order valence-electron chi connectivity index (χ4n) is 2.99. The average Bonchev–Trinajstić information content (AvgIpc) is 3.17. The number of nitrogens with two attached hydrogens (primary N) is 1. The molecule has 0 radical (unpaired) electrons. The molecule has 1 fully saturated rings. The summed E-state index contributed by atoms with van der Waals surface area (Å²) in [5.41, 5.74) is 4.55. The maximum Gasteiger partial charge on any atom is 0.325 e. The second-order valence-corrected chi connectivity index (χ2v) is 8.63. The van der Waals surface area contributed by atoms with Gasteiger partial charge in [0, 0.05) is 16.0 Å². The molecule has 2 aromatic carbocycles. The van der Waals surface area contributed by atoms with Gasteiger partial charge in [0.1, 0.15) is 10.8 Å². The molecule has 1 aliphatic carbocycles. The van der Waals surface area contributed by atoms with Gasteiger partial charge >= 0.3 is 5.97 Å². The fraction of sp³-hybridized carbons (Fsp3) is 0.188. The molecule has 0 aliphatic heterocycles. The van der Waals surface area contributed by atoms with Crippen LogP contribution in [0.25, 0.3) is 0 Å². The standard InChI is InChI=1S/C16H13Cl2NO4S/c17-10-4-6-12(7-5-10)24(22,23)14-13(16(14,19)15(20)21)9-2-1-3-11(18)8-9/h1-8,13-14H,19H2,(H,20,21)/t13-,14+,16-/m1/s1. The van der Waals surface area contributed by atoms with E-state index < -0.39 is 32.5 Å². The number of aliphatic carboxylic acids is 1. The topological polar surface area (TPSA) is 97.5 Å². The number of hydrogen-bond acceptors (Lipinski definition) is 4. The van der Waals surface area contributed by atoms with Crippen molar-refractivity contribution in [1.29, 1.82) is 0 Å². The lowest BCUT2D eigenvalue weighted by Crippen LogP contribution is -2.39. The molecule has 8 heteroatoms. The second-order valence-electron chi connectivity index (χ2n) is 5.69. The normalized spacial score (nSPS) is 26.1. The van der Waals surface area contributed by atoms with Gasteiger partial charge in [0.15, 0.2) is 9.84 Å². The molecule has 1 saturated carbocycles. The summed E-state index contributed by atoms with van der Waals surface area (Å²) in [7, 11) is -3.95. The molecule has 0 bridgehead atoms. The molecule has 0 spiro atoms. The predicted molar refractivity (Wildman–Crippen MR) is 91.2 cm³/mol. The molecule has 0 heterocycles. The van der Waals surface area contributed by atoms with Crippen LogP contribution in [0.3, 0.4) is 0 Å². The summed E-state index contributed by atoms with van der Waals surface area (Å²) < 4.78 is 25.8. The largest absolute Gasteiger partial charge is 0.480 e. The molecular weight excluding hydrogens is 373 g/mol. The molecule has 24 heavy (non-hydrogen) atoms. The van der Waals surface area contributed by atoms with Crippen LogP contribution in [0.15, 0.2) is 53.4 Å². The van der Waals surface area contributed by atoms with Gasteiger partial charge in [0.2, 0.25) is 0 Å². The number of carboxylic acid groups (broad SMARTS) is 1. The second kappa shape index (κ2) is 5.74. The van der Waals surface area contributed by atoms with Crippen LogP contribution < -0.4 is 5.73 Å². The van der Waals surface area contributed by atoms with Gasteiger partial charge in [-0.25, -0.2) is 8.42 Å². The average molecular weight is 386 g/mol. The van der Waals surface area contributed by atoms with Crippen molar-refractivity contribution in [1.82, 2.24) is 0 Å². The Morgan fingerprint density at radius 1 is 1.08 bits per heavy atom. The minimum absolute atomic E-state index is 0.0162. The van der Waals surface area contributed by atoms with E-state index in [0.717, 1.165) is 0 Å². The zero-order valence-corrected chi connectivity index (χ0v) is 14.5. The van der Waals surface area contributed by atoms with Crippen molar-refractivity contribution in [3.63, 3.8) is 0 Å². The predicted octanol–water partition coefficient (Wildman–Crippen LogP) is 2.72. The Morgan fingerprint density at radius 2 is 1.71 bits per heavy atom. The van der Waals surface area contributed by atoms with Gasteiger partial charge in [0.05, 0.1) is 4.90 Å². The van der Waals surface area contributed by atoms with Crippen LogP contribution in [0.2, 0.25) is 10.0 Å². The SMILES string of the molecule is N[C@]1(C(=O)O)[C@H](c2cccc(Cl)c2)[C@@H]1S(=O)(=O)c1ccc(Cl)cc1. The van der Waals surface area contributed by atoms with Gasteiger partial charge in [-0.05, 0) is 42.0 Å². The Morgan fingerprint density at radius 3 is 2.25 bits per heavy atom. The minimum Gasteiger partial charge on any atom is -0.480 e. The van der Waals surface area contributed by atoms with Crippen molar-refractivity contribution in [3.05, 3.63) is 64.1 Å². The van der Waals surface area contributed by atoms with Crippen molar-refractivity contribution in [2.75, 3.05) is 0 Å². The third kappa shape index (κ3) is 2.59. The number of hydrogen-bond donors (Lipinski definition) is 2. The van der Waals surface area contributed by atoms with E-state index >= 15 is 0 Å². The molecule has 126 valence electrons. The lowest BCUT2D eigenvalue weighted by Gasteiger charge is -2.07. The van der Waals surface area contributed by atoms with Gasteiger partial charge in [-0.15, -0.1) is 0 Å². The summed E-state index contributed by atoms with van der Waals surface area (Å²) in [5, 5.41) is 8.99. The van der Waals surface area contributed by atoms with Gasteiger partial charge in [-0.2, -0.15) is 0 Å². The Hall–Kier alpha value is -1.60. The maximum atomic E-state index is 12.9. The molecule has 2 aromatic rings.